The Morgan fingerprint density at radius 3 is 2.30 bits per heavy atom. The van der Waals surface area contributed by atoms with Crippen LogP contribution in [0.3, 0.4) is 0 Å². The quantitative estimate of drug-likeness (QED) is 0.557. The highest BCUT2D eigenvalue weighted by Crippen LogP contribution is 2.20. The zero-order valence-corrected chi connectivity index (χ0v) is 13.1. The highest BCUT2D eigenvalue weighted by molar-refractivity contribution is 5.82. The Kier molecular flexibility index (Phi) is 4.10. The van der Waals surface area contributed by atoms with Crippen LogP contribution in [0.1, 0.15) is 0 Å². The Morgan fingerprint density at radius 1 is 0.870 bits per heavy atom. The van der Waals surface area contributed by atoms with Crippen LogP contribution in [0.25, 0.3) is 21.8 Å². The largest absolute Gasteiger partial charge is 0.497 e. The van der Waals surface area contributed by atoms with Gasteiger partial charge in [0.25, 0.3) is 0 Å². The molecule has 23 heavy (non-hydrogen) atoms. The predicted octanol–water partition coefficient (Wildman–Crippen LogP) is 3.54. The van der Waals surface area contributed by atoms with Crippen molar-refractivity contribution in [3.05, 3.63) is 60.9 Å². The van der Waals surface area contributed by atoms with Crippen molar-refractivity contribution in [1.29, 1.82) is 0 Å². The topological polar surface area (TPSA) is 65.2 Å². The first-order valence-electron chi connectivity index (χ1n) is 7.22. The van der Waals surface area contributed by atoms with Gasteiger partial charge in [-0.2, -0.15) is 0 Å². The van der Waals surface area contributed by atoms with E-state index in [4.69, 9.17) is 15.3 Å². The molecule has 0 amide bonds. The predicted molar refractivity (Wildman–Crippen MR) is 93.5 cm³/mol. The number of fused-ring (bicyclic) bond motifs is 2. The van der Waals surface area contributed by atoms with E-state index < -0.39 is 0 Å². The number of ether oxygens (including phenoxy) is 2. The molecule has 0 atom stereocenters. The van der Waals surface area contributed by atoms with Gasteiger partial charge < -0.3 is 20.3 Å². The summed E-state index contributed by atoms with van der Waals surface area (Å²) >= 11 is 0. The summed E-state index contributed by atoms with van der Waals surface area (Å²) in [6, 6.07) is 15.7. The minimum absolute atomic E-state index is 0.855. The molecule has 5 nitrogen and oxygen atoms in total. The maximum Gasteiger partial charge on any atom is 0.119 e. The van der Waals surface area contributed by atoms with Crippen LogP contribution in [-0.4, -0.2) is 23.9 Å². The van der Waals surface area contributed by atoms with Crippen molar-refractivity contribution in [2.75, 3.05) is 20.1 Å². The lowest BCUT2D eigenvalue weighted by Gasteiger charge is -1.99. The number of benzene rings is 2. The number of nitrogen functional groups attached to an aromatic ring is 1. The molecule has 2 aromatic carbocycles. The van der Waals surface area contributed by atoms with Crippen LogP contribution in [0.5, 0.6) is 11.5 Å². The third-order valence-corrected chi connectivity index (χ3v) is 3.69. The van der Waals surface area contributed by atoms with E-state index in [1.54, 1.807) is 18.9 Å². The summed E-state index contributed by atoms with van der Waals surface area (Å²) < 4.78 is 11.8. The summed E-state index contributed by atoms with van der Waals surface area (Å²) in [6.07, 6.45) is 3.74. The Morgan fingerprint density at radius 2 is 1.57 bits per heavy atom. The van der Waals surface area contributed by atoms with Gasteiger partial charge >= 0.3 is 0 Å². The van der Waals surface area contributed by atoms with Crippen LogP contribution in [0.4, 0.5) is 0 Å². The number of aromatic amines is 1. The molecule has 0 spiro atoms. The lowest BCUT2D eigenvalue weighted by Crippen LogP contribution is -2.04. The van der Waals surface area contributed by atoms with E-state index in [1.807, 2.05) is 60.9 Å². The molecule has 118 valence electrons. The average Bonchev–Trinajstić information content (AvgIpc) is 3.21. The molecular weight excluding hydrogens is 290 g/mol. The zero-order valence-electron chi connectivity index (χ0n) is 13.1. The first kappa shape index (κ1) is 14.8. The third-order valence-electron chi connectivity index (χ3n) is 3.69. The number of rotatable bonds is 2. The third kappa shape index (κ3) is 3.08. The monoisotopic (exact) mass is 309 g/mol. The van der Waals surface area contributed by atoms with E-state index in [2.05, 4.69) is 4.98 Å². The molecule has 0 unspecified atom stereocenters. The van der Waals surface area contributed by atoms with Gasteiger partial charge in [0, 0.05) is 28.7 Å². The average molecular weight is 309 g/mol. The Labute approximate surface area is 134 Å². The molecule has 0 aliphatic carbocycles. The first-order valence-corrected chi connectivity index (χ1v) is 7.22. The van der Waals surface area contributed by atoms with Crippen molar-refractivity contribution in [3.63, 3.8) is 0 Å². The highest BCUT2D eigenvalue weighted by Gasteiger charge is 1.98. The molecule has 5 heteroatoms. The van der Waals surface area contributed by atoms with Crippen molar-refractivity contribution in [2.24, 2.45) is 0 Å². The molecule has 2 heterocycles. The molecule has 0 radical (unpaired) electrons. The molecule has 0 saturated carbocycles. The van der Waals surface area contributed by atoms with Crippen LogP contribution in [0.15, 0.2) is 60.9 Å². The van der Waals surface area contributed by atoms with Crippen molar-refractivity contribution in [1.82, 2.24) is 9.66 Å². The van der Waals surface area contributed by atoms with Crippen LogP contribution in [0.2, 0.25) is 0 Å². The fourth-order valence-corrected chi connectivity index (χ4v) is 2.43. The van der Waals surface area contributed by atoms with Crippen molar-refractivity contribution < 1.29 is 9.47 Å². The SMILES string of the molecule is COc1ccc2[nH]ccc2c1.COc1ccc2c(ccn2N)c1. The van der Waals surface area contributed by atoms with Crippen LogP contribution >= 0.6 is 0 Å². The Bertz CT molecular complexity index is 924. The molecular formula is C18H19N3O2. The number of nitrogens with zero attached hydrogens (tertiary/aromatic N) is 1. The van der Waals surface area contributed by atoms with Gasteiger partial charge in [-0.25, -0.2) is 0 Å². The summed E-state index contributed by atoms with van der Waals surface area (Å²) in [5.74, 6) is 7.40. The lowest BCUT2D eigenvalue weighted by molar-refractivity contribution is 0.415. The van der Waals surface area contributed by atoms with Gasteiger partial charge in [0.05, 0.1) is 19.7 Å². The molecule has 0 aliphatic rings. The van der Waals surface area contributed by atoms with Gasteiger partial charge in [0.15, 0.2) is 0 Å². The smallest absolute Gasteiger partial charge is 0.119 e. The zero-order chi connectivity index (χ0) is 16.2. The van der Waals surface area contributed by atoms with Crippen molar-refractivity contribution in [3.8, 4) is 11.5 Å². The molecule has 0 aliphatic heterocycles. The summed E-state index contributed by atoms with van der Waals surface area (Å²) in [7, 11) is 3.33. The molecule has 4 rings (SSSR count). The molecule has 0 fully saturated rings. The van der Waals surface area contributed by atoms with Gasteiger partial charge in [-0.15, -0.1) is 0 Å². The Balaban J connectivity index is 0.000000136. The van der Waals surface area contributed by atoms with Crippen molar-refractivity contribution >= 4 is 21.8 Å². The van der Waals surface area contributed by atoms with Gasteiger partial charge in [-0.3, -0.25) is 4.68 Å². The van der Waals surface area contributed by atoms with Gasteiger partial charge in [-0.05, 0) is 48.5 Å². The van der Waals surface area contributed by atoms with E-state index in [0.717, 1.165) is 27.9 Å². The summed E-state index contributed by atoms with van der Waals surface area (Å²) in [4.78, 5) is 3.12. The van der Waals surface area contributed by atoms with Gasteiger partial charge in [-0.1, -0.05) is 0 Å². The number of methoxy groups -OCH3 is 2. The molecule has 0 bridgehead atoms. The number of H-pyrrole nitrogens is 1. The Hall–Kier alpha value is -3.08. The van der Waals surface area contributed by atoms with Gasteiger partial charge in [0.2, 0.25) is 0 Å². The summed E-state index contributed by atoms with van der Waals surface area (Å²) in [5, 5.41) is 2.28. The number of hydrogen-bond acceptors (Lipinski definition) is 3. The van der Waals surface area contributed by atoms with Crippen LogP contribution < -0.4 is 15.3 Å². The fourth-order valence-electron chi connectivity index (χ4n) is 2.43. The van der Waals surface area contributed by atoms with E-state index in [0.29, 0.717) is 0 Å². The molecule has 3 N–H and O–H groups in total. The minimum Gasteiger partial charge on any atom is -0.497 e. The van der Waals surface area contributed by atoms with Gasteiger partial charge in [0.1, 0.15) is 11.5 Å². The molecule has 4 aromatic rings. The normalized spacial score (nSPS) is 10.3. The lowest BCUT2D eigenvalue weighted by atomic mass is 10.2. The molecule has 0 saturated heterocycles. The number of aromatic nitrogens is 2. The summed E-state index contributed by atoms with van der Waals surface area (Å²) in [5.41, 5.74) is 2.15. The number of nitrogens with one attached hydrogen (secondary N) is 1. The minimum atomic E-state index is 0.855. The number of hydrogen-bond donors (Lipinski definition) is 2. The van der Waals surface area contributed by atoms with Crippen LogP contribution in [0, 0.1) is 0 Å². The fraction of sp³-hybridized carbons (Fsp3) is 0.111. The molecule has 2 aromatic heterocycles. The second-order valence-corrected chi connectivity index (χ2v) is 5.08. The van der Waals surface area contributed by atoms with E-state index >= 15 is 0 Å². The highest BCUT2D eigenvalue weighted by atomic mass is 16.5. The second kappa shape index (κ2) is 6.36. The van der Waals surface area contributed by atoms with Crippen LogP contribution in [-0.2, 0) is 0 Å². The second-order valence-electron chi connectivity index (χ2n) is 5.08. The number of nitrogens with two attached hydrogens (primary N) is 1. The van der Waals surface area contributed by atoms with Crippen molar-refractivity contribution in [2.45, 2.75) is 0 Å². The maximum absolute atomic E-state index is 5.64. The summed E-state index contributed by atoms with van der Waals surface area (Å²) in [6.45, 7) is 0. The van der Waals surface area contributed by atoms with E-state index in [1.165, 1.54) is 5.39 Å². The van der Waals surface area contributed by atoms with E-state index in [9.17, 15) is 0 Å². The standard InChI is InChI=1S/C9H10N2O.C9H9NO/c1-12-8-2-3-9-7(6-8)4-5-11(9)10;1-11-8-2-3-9-7(6-8)4-5-10-9/h2-6H,10H2,1H3;2-6,10H,1H3. The first-order chi connectivity index (χ1) is 11.2. The van der Waals surface area contributed by atoms with E-state index in [-0.39, 0.29) is 0 Å². The maximum atomic E-state index is 5.64.